The Morgan fingerprint density at radius 1 is 1.47 bits per heavy atom. The maximum Gasteiger partial charge on any atom is 0.335 e. The van der Waals surface area contributed by atoms with Crippen LogP contribution in [0.4, 0.5) is 0 Å². The first-order valence-electron chi connectivity index (χ1n) is 6.44. The Balaban J connectivity index is 1.82. The van der Waals surface area contributed by atoms with Gasteiger partial charge in [0.15, 0.2) is 12.4 Å². The van der Waals surface area contributed by atoms with E-state index in [4.69, 9.17) is 14.6 Å². The average molecular weight is 243 g/mol. The van der Waals surface area contributed by atoms with Crippen LogP contribution in [0.1, 0.15) is 32.6 Å². The fourth-order valence-electron chi connectivity index (χ4n) is 2.67. The number of ether oxygens (including phenoxy) is 2. The van der Waals surface area contributed by atoms with Crippen LogP contribution >= 0.6 is 0 Å². The van der Waals surface area contributed by atoms with Crippen molar-refractivity contribution in [3.8, 4) is 0 Å². The highest BCUT2D eigenvalue weighted by Crippen LogP contribution is 2.24. The van der Waals surface area contributed by atoms with Crippen molar-refractivity contribution >= 4 is 5.97 Å². The number of carboxylic acid groups (broad SMARTS) is 1. The molecule has 0 saturated carbocycles. The molecule has 5 heteroatoms. The Morgan fingerprint density at radius 2 is 2.29 bits per heavy atom. The molecular weight excluding hydrogens is 222 g/mol. The predicted molar refractivity (Wildman–Crippen MR) is 61.8 cm³/mol. The molecule has 5 nitrogen and oxygen atoms in total. The summed E-state index contributed by atoms with van der Waals surface area (Å²) in [7, 11) is 0. The van der Waals surface area contributed by atoms with Gasteiger partial charge in [0.05, 0.1) is 6.61 Å². The lowest BCUT2D eigenvalue weighted by Gasteiger charge is -2.35. The molecule has 3 unspecified atom stereocenters. The molecule has 0 bridgehead atoms. The number of likely N-dealkylation sites (tertiary alicyclic amines) is 1. The lowest BCUT2D eigenvalue weighted by Crippen LogP contribution is -2.41. The van der Waals surface area contributed by atoms with Gasteiger partial charge in [-0.25, -0.2) is 4.79 Å². The van der Waals surface area contributed by atoms with E-state index in [1.54, 1.807) is 0 Å². The van der Waals surface area contributed by atoms with Crippen LogP contribution in [0.25, 0.3) is 0 Å². The quantitative estimate of drug-likeness (QED) is 0.800. The molecule has 2 saturated heterocycles. The maximum atomic E-state index is 10.7. The van der Waals surface area contributed by atoms with Crippen molar-refractivity contribution in [1.82, 2.24) is 4.90 Å². The van der Waals surface area contributed by atoms with Crippen molar-refractivity contribution < 1.29 is 19.4 Å². The molecule has 2 rings (SSSR count). The van der Waals surface area contributed by atoms with Gasteiger partial charge in [0.1, 0.15) is 0 Å². The van der Waals surface area contributed by atoms with Gasteiger partial charge < -0.3 is 19.5 Å². The van der Waals surface area contributed by atoms with Crippen LogP contribution in [0, 0.1) is 0 Å². The number of carbonyl (C=O) groups is 1. The van der Waals surface area contributed by atoms with Crippen LogP contribution in [0.5, 0.6) is 0 Å². The number of nitrogens with zero attached hydrogens (tertiary/aromatic N) is 1. The van der Waals surface area contributed by atoms with Crippen LogP contribution in [0.3, 0.4) is 0 Å². The van der Waals surface area contributed by atoms with Gasteiger partial charge in [0.25, 0.3) is 0 Å². The van der Waals surface area contributed by atoms with E-state index in [1.165, 1.54) is 12.8 Å². The van der Waals surface area contributed by atoms with Gasteiger partial charge in [0, 0.05) is 12.5 Å². The molecule has 0 spiro atoms. The van der Waals surface area contributed by atoms with E-state index in [2.05, 4.69) is 11.8 Å². The first kappa shape index (κ1) is 12.8. The van der Waals surface area contributed by atoms with Crippen molar-refractivity contribution in [3.63, 3.8) is 0 Å². The molecule has 1 N–H and O–H groups in total. The molecule has 0 aromatic heterocycles. The number of hydrogen-bond acceptors (Lipinski definition) is 4. The molecule has 2 aliphatic rings. The summed E-state index contributed by atoms with van der Waals surface area (Å²) in [4.78, 5) is 13.2. The fraction of sp³-hybridized carbons (Fsp3) is 0.917. The van der Waals surface area contributed by atoms with Crippen LogP contribution in [-0.2, 0) is 14.3 Å². The molecule has 0 aromatic carbocycles. The summed E-state index contributed by atoms with van der Waals surface area (Å²) in [5, 5.41) is 8.82. The van der Waals surface area contributed by atoms with E-state index >= 15 is 0 Å². The molecule has 0 amide bonds. The Hall–Kier alpha value is -0.650. The third-order valence-corrected chi connectivity index (χ3v) is 3.64. The van der Waals surface area contributed by atoms with Crippen molar-refractivity contribution in [2.75, 3.05) is 19.7 Å². The fourth-order valence-corrected chi connectivity index (χ4v) is 2.67. The van der Waals surface area contributed by atoms with Crippen molar-refractivity contribution in [2.45, 2.75) is 51.0 Å². The van der Waals surface area contributed by atoms with Gasteiger partial charge >= 0.3 is 5.97 Å². The summed E-state index contributed by atoms with van der Waals surface area (Å²) in [6.45, 7) is 4.52. The third kappa shape index (κ3) is 3.18. The minimum Gasteiger partial charge on any atom is -0.479 e. The molecule has 0 aromatic rings. The smallest absolute Gasteiger partial charge is 0.335 e. The summed E-state index contributed by atoms with van der Waals surface area (Å²) in [6, 6.07) is 0.478. The van der Waals surface area contributed by atoms with Crippen LogP contribution < -0.4 is 0 Å². The van der Waals surface area contributed by atoms with Crippen LogP contribution in [0.15, 0.2) is 0 Å². The molecule has 98 valence electrons. The van der Waals surface area contributed by atoms with E-state index in [9.17, 15) is 4.79 Å². The summed E-state index contributed by atoms with van der Waals surface area (Å²) in [5.74, 6) is -0.927. The highest BCUT2D eigenvalue weighted by Gasteiger charge is 2.34. The third-order valence-electron chi connectivity index (χ3n) is 3.64. The van der Waals surface area contributed by atoms with E-state index < -0.39 is 12.1 Å². The lowest BCUT2D eigenvalue weighted by molar-refractivity contribution is -0.151. The van der Waals surface area contributed by atoms with Gasteiger partial charge in [-0.05, 0) is 25.9 Å². The predicted octanol–water partition coefficient (Wildman–Crippen LogP) is 1.08. The molecule has 3 atom stereocenters. The summed E-state index contributed by atoms with van der Waals surface area (Å²) in [5.41, 5.74) is 0. The Labute approximate surface area is 102 Å². The highest BCUT2D eigenvalue weighted by molar-refractivity contribution is 5.72. The summed E-state index contributed by atoms with van der Waals surface area (Å²) < 4.78 is 10.8. The highest BCUT2D eigenvalue weighted by atomic mass is 16.7. The van der Waals surface area contributed by atoms with Crippen molar-refractivity contribution in [2.24, 2.45) is 0 Å². The number of piperidine rings is 1. The SMILES string of the molecule is CCN1CCCCC1CC1OCC(C(=O)O)O1. The van der Waals surface area contributed by atoms with E-state index in [0.29, 0.717) is 6.04 Å². The second-order valence-corrected chi connectivity index (χ2v) is 4.74. The zero-order valence-electron chi connectivity index (χ0n) is 10.3. The summed E-state index contributed by atoms with van der Waals surface area (Å²) >= 11 is 0. The van der Waals surface area contributed by atoms with Crippen LogP contribution in [-0.4, -0.2) is 54.1 Å². The molecule has 2 aliphatic heterocycles. The van der Waals surface area contributed by atoms with Crippen molar-refractivity contribution in [1.29, 1.82) is 0 Å². The maximum absolute atomic E-state index is 10.7. The van der Waals surface area contributed by atoms with Crippen molar-refractivity contribution in [3.05, 3.63) is 0 Å². The summed E-state index contributed by atoms with van der Waals surface area (Å²) in [6.07, 6.45) is 3.34. The molecule has 17 heavy (non-hydrogen) atoms. The van der Waals surface area contributed by atoms with Gasteiger partial charge in [-0.1, -0.05) is 13.3 Å². The van der Waals surface area contributed by atoms with E-state index in [1.807, 2.05) is 0 Å². The monoisotopic (exact) mass is 243 g/mol. The van der Waals surface area contributed by atoms with Gasteiger partial charge in [-0.3, -0.25) is 0 Å². The molecule has 0 aliphatic carbocycles. The molecule has 0 radical (unpaired) electrons. The van der Waals surface area contributed by atoms with E-state index in [0.717, 1.165) is 25.9 Å². The average Bonchev–Trinajstić information content (AvgIpc) is 2.78. The first-order valence-corrected chi connectivity index (χ1v) is 6.44. The largest absolute Gasteiger partial charge is 0.479 e. The number of aliphatic carboxylic acids is 1. The Kier molecular flexibility index (Phi) is 4.36. The van der Waals surface area contributed by atoms with E-state index in [-0.39, 0.29) is 12.9 Å². The van der Waals surface area contributed by atoms with Gasteiger partial charge in [0.2, 0.25) is 0 Å². The number of carboxylic acids is 1. The van der Waals surface area contributed by atoms with Crippen LogP contribution in [0.2, 0.25) is 0 Å². The standard InChI is InChI=1S/C12H21NO4/c1-2-13-6-4-3-5-9(13)7-11-16-8-10(17-11)12(14)15/h9-11H,2-8H2,1H3,(H,14,15). The zero-order valence-corrected chi connectivity index (χ0v) is 10.3. The van der Waals surface area contributed by atoms with Gasteiger partial charge in [-0.2, -0.15) is 0 Å². The second-order valence-electron chi connectivity index (χ2n) is 4.74. The zero-order chi connectivity index (χ0) is 12.3. The topological polar surface area (TPSA) is 59.0 Å². The molecule has 2 heterocycles. The normalized spacial score (nSPS) is 35.0. The second kappa shape index (κ2) is 5.80. The number of hydrogen-bond donors (Lipinski definition) is 1. The minimum absolute atomic E-state index is 0.179. The Bertz CT molecular complexity index is 271. The van der Waals surface area contributed by atoms with Gasteiger partial charge in [-0.15, -0.1) is 0 Å². The first-order chi connectivity index (χ1) is 8.20. The molecule has 2 fully saturated rings. The Morgan fingerprint density at radius 3 is 2.94 bits per heavy atom. The number of rotatable bonds is 4. The minimum atomic E-state index is -0.927. The molecular formula is C12H21NO4. The lowest BCUT2D eigenvalue weighted by atomic mass is 9.99.